The van der Waals surface area contributed by atoms with E-state index in [1.807, 2.05) is 0 Å². The average molecular weight is 603 g/mol. The second-order valence-electron chi connectivity index (χ2n) is 10.0. The molecular weight excluding hydrogens is 576 g/mol. The largest absolute Gasteiger partial charge is 0.435 e. The van der Waals surface area contributed by atoms with Crippen LogP contribution < -0.4 is 5.32 Å². The van der Waals surface area contributed by atoms with Gasteiger partial charge in [0, 0.05) is 24.7 Å². The van der Waals surface area contributed by atoms with Gasteiger partial charge in [-0.1, -0.05) is 0 Å². The molecule has 0 bridgehead atoms. The second kappa shape index (κ2) is 10.9. The third-order valence-electron chi connectivity index (χ3n) is 7.44. The summed E-state index contributed by atoms with van der Waals surface area (Å²) in [6.45, 7) is 0.496. The lowest BCUT2D eigenvalue weighted by Gasteiger charge is -2.29. The molecule has 3 atom stereocenters. The van der Waals surface area contributed by atoms with Crippen LogP contribution in [0, 0.1) is 11.7 Å². The first-order valence-corrected chi connectivity index (χ1v) is 13.9. The van der Waals surface area contributed by atoms with E-state index in [-0.39, 0.29) is 25.7 Å². The van der Waals surface area contributed by atoms with Crippen LogP contribution >= 0.6 is 0 Å². The molecule has 1 N–H and O–H groups in total. The molecule has 2 heterocycles. The number of sulfonamides is 1. The van der Waals surface area contributed by atoms with E-state index in [2.05, 4.69) is 10.4 Å². The Kier molecular flexibility index (Phi) is 8.24. The Balaban J connectivity index is 1.52. The number of hydrogen-bond acceptors (Lipinski definition) is 4. The minimum absolute atomic E-state index is 0.0387. The minimum atomic E-state index is -4.95. The Morgan fingerprint density at radius 2 is 1.65 bits per heavy atom. The van der Waals surface area contributed by atoms with Crippen molar-refractivity contribution in [3.8, 4) is 0 Å². The lowest BCUT2D eigenvalue weighted by molar-refractivity contribution is -0.183. The van der Waals surface area contributed by atoms with E-state index in [1.165, 1.54) is 6.92 Å². The molecule has 1 saturated heterocycles. The monoisotopic (exact) mass is 602 g/mol. The quantitative estimate of drug-likeness (QED) is 0.465. The first-order chi connectivity index (χ1) is 18.5. The highest BCUT2D eigenvalue weighted by Crippen LogP contribution is 2.42. The van der Waals surface area contributed by atoms with Crippen LogP contribution in [0.5, 0.6) is 0 Å². The first kappa shape index (κ1) is 30.2. The highest BCUT2D eigenvalue weighted by Gasteiger charge is 2.49. The van der Waals surface area contributed by atoms with Crippen LogP contribution in [0.15, 0.2) is 35.4 Å². The van der Waals surface area contributed by atoms with Gasteiger partial charge in [0.2, 0.25) is 15.9 Å². The number of amides is 1. The van der Waals surface area contributed by atoms with Crippen LogP contribution in [0.3, 0.4) is 0 Å². The fourth-order valence-electron chi connectivity index (χ4n) is 5.25. The van der Waals surface area contributed by atoms with Gasteiger partial charge in [-0.2, -0.15) is 35.7 Å². The van der Waals surface area contributed by atoms with Gasteiger partial charge < -0.3 is 5.32 Å². The zero-order valence-corrected chi connectivity index (χ0v) is 21.8. The van der Waals surface area contributed by atoms with E-state index >= 15 is 0 Å². The van der Waals surface area contributed by atoms with Crippen LogP contribution in [0.1, 0.15) is 56.3 Å². The Morgan fingerprint density at radius 1 is 1.05 bits per heavy atom. The van der Waals surface area contributed by atoms with E-state index in [0.29, 0.717) is 4.31 Å². The van der Waals surface area contributed by atoms with Crippen molar-refractivity contribution in [2.45, 2.75) is 87.1 Å². The molecule has 2 aliphatic rings. The molecule has 4 rings (SSSR count). The molecule has 0 spiro atoms. The van der Waals surface area contributed by atoms with E-state index in [0.717, 1.165) is 35.1 Å². The van der Waals surface area contributed by atoms with Crippen LogP contribution in [0.2, 0.25) is 0 Å². The number of nitrogens with one attached hydrogen (secondary N) is 1. The Morgan fingerprint density at radius 3 is 2.20 bits per heavy atom. The maximum absolute atomic E-state index is 14.6. The molecule has 2 aromatic rings. The number of halogens is 8. The van der Waals surface area contributed by atoms with Crippen molar-refractivity contribution >= 4 is 15.9 Å². The Bertz CT molecular complexity index is 1320. The van der Waals surface area contributed by atoms with Crippen LogP contribution in [-0.4, -0.2) is 52.8 Å². The second-order valence-corrected chi connectivity index (χ2v) is 11.9. The van der Waals surface area contributed by atoms with Gasteiger partial charge in [-0.25, -0.2) is 17.2 Å². The average Bonchev–Trinajstić information content (AvgIpc) is 3.44. The third-order valence-corrected chi connectivity index (χ3v) is 9.45. The van der Waals surface area contributed by atoms with Crippen LogP contribution in [0.4, 0.5) is 35.1 Å². The first-order valence-electron chi connectivity index (χ1n) is 12.4. The van der Waals surface area contributed by atoms with Gasteiger partial charge in [0.1, 0.15) is 18.0 Å². The van der Waals surface area contributed by atoms with Gasteiger partial charge >= 0.3 is 12.4 Å². The van der Waals surface area contributed by atoms with Gasteiger partial charge in [-0.3, -0.25) is 9.48 Å². The summed E-state index contributed by atoms with van der Waals surface area (Å²) in [6.07, 6.45) is -11.2. The SMILES string of the molecule is CC1C(F)CC(C(=O)NCc2cn(C3CCC(C(F)(F)F)CC3)nc2C(F)(F)F)N1S(=O)(=O)c1ccc(F)cc1. The summed E-state index contributed by atoms with van der Waals surface area (Å²) in [5.41, 5.74) is -1.82. The summed E-state index contributed by atoms with van der Waals surface area (Å²) in [6, 6.07) is 0.0636. The zero-order chi connectivity index (χ0) is 29.6. The molecule has 40 heavy (non-hydrogen) atoms. The highest BCUT2D eigenvalue weighted by molar-refractivity contribution is 7.89. The van der Waals surface area contributed by atoms with E-state index < -0.39 is 93.4 Å². The predicted molar refractivity (Wildman–Crippen MR) is 124 cm³/mol. The molecule has 0 radical (unpaired) electrons. The van der Waals surface area contributed by atoms with Gasteiger partial charge in [-0.05, 0) is 56.9 Å². The molecule has 1 aliphatic carbocycles. The fraction of sp³-hybridized carbons (Fsp3) is 0.583. The number of nitrogens with zero attached hydrogens (tertiary/aromatic N) is 3. The normalized spacial score (nSPS) is 26.7. The van der Waals surface area contributed by atoms with Crippen molar-refractivity contribution in [3.05, 3.63) is 47.5 Å². The smallest absolute Gasteiger partial charge is 0.350 e. The molecule has 2 fully saturated rings. The summed E-state index contributed by atoms with van der Waals surface area (Å²) in [7, 11) is -4.48. The molecular formula is C24H26F8N4O3S. The number of carbonyl (C=O) groups is 1. The Labute approximate surface area is 224 Å². The van der Waals surface area contributed by atoms with Gasteiger partial charge in [0.05, 0.1) is 22.9 Å². The number of alkyl halides is 7. The fourth-order valence-corrected chi connectivity index (χ4v) is 7.06. The van der Waals surface area contributed by atoms with Crippen molar-refractivity contribution in [1.82, 2.24) is 19.4 Å². The van der Waals surface area contributed by atoms with Gasteiger partial charge in [-0.15, -0.1) is 0 Å². The molecule has 1 amide bonds. The summed E-state index contributed by atoms with van der Waals surface area (Å²) in [5.74, 6) is -3.31. The molecule has 3 unspecified atom stereocenters. The predicted octanol–water partition coefficient (Wildman–Crippen LogP) is 5.14. The highest BCUT2D eigenvalue weighted by atomic mass is 32.2. The molecule has 16 heteroatoms. The summed E-state index contributed by atoms with van der Waals surface area (Å²) < 4.78 is 136. The van der Waals surface area contributed by atoms with Gasteiger partial charge in [0.25, 0.3) is 0 Å². The molecule has 222 valence electrons. The maximum atomic E-state index is 14.6. The molecule has 1 saturated carbocycles. The third kappa shape index (κ3) is 6.11. The lowest BCUT2D eigenvalue weighted by atomic mass is 9.86. The number of carbonyl (C=O) groups excluding carboxylic acids is 1. The maximum Gasteiger partial charge on any atom is 0.435 e. The minimum Gasteiger partial charge on any atom is -0.350 e. The molecule has 7 nitrogen and oxygen atoms in total. The molecule has 1 aromatic carbocycles. The van der Waals surface area contributed by atoms with E-state index in [1.54, 1.807) is 0 Å². The number of benzene rings is 1. The zero-order valence-electron chi connectivity index (χ0n) is 21.0. The van der Waals surface area contributed by atoms with E-state index in [4.69, 9.17) is 0 Å². The number of rotatable bonds is 6. The van der Waals surface area contributed by atoms with Crippen LogP contribution in [0.25, 0.3) is 0 Å². The topological polar surface area (TPSA) is 84.3 Å². The standard InChI is InChI=1S/C24H26F8N4O3S/c1-13-19(26)10-20(36(13)40(38,39)18-8-4-16(25)5-9-18)22(37)33-11-14-12-35(34-21(14)24(30,31)32)17-6-2-15(3-7-17)23(27,28)29/h4-5,8-9,12-13,15,17,19-20H,2-3,6-7,10-11H2,1H3,(H,33,37). The summed E-state index contributed by atoms with van der Waals surface area (Å²) in [4.78, 5) is 12.6. The van der Waals surface area contributed by atoms with Crippen LogP contribution in [-0.2, 0) is 27.5 Å². The lowest BCUT2D eigenvalue weighted by Crippen LogP contribution is -2.48. The number of hydrogen-bond donors (Lipinski definition) is 1. The van der Waals surface area contributed by atoms with Crippen molar-refractivity contribution in [3.63, 3.8) is 0 Å². The molecule has 1 aromatic heterocycles. The molecule has 1 aliphatic heterocycles. The van der Waals surface area contributed by atoms with Gasteiger partial charge in [0.15, 0.2) is 5.69 Å². The van der Waals surface area contributed by atoms with Crippen molar-refractivity contribution in [2.24, 2.45) is 5.92 Å². The van der Waals surface area contributed by atoms with Crippen molar-refractivity contribution in [1.29, 1.82) is 0 Å². The summed E-state index contributed by atoms with van der Waals surface area (Å²) >= 11 is 0. The summed E-state index contributed by atoms with van der Waals surface area (Å²) in [5, 5.41) is 5.78. The van der Waals surface area contributed by atoms with Crippen molar-refractivity contribution < 1.29 is 48.3 Å². The number of aromatic nitrogens is 2. The van der Waals surface area contributed by atoms with E-state index in [9.17, 15) is 48.3 Å². The Hall–Kier alpha value is -2.75. The van der Waals surface area contributed by atoms with Crippen molar-refractivity contribution in [2.75, 3.05) is 0 Å².